The van der Waals surface area contributed by atoms with E-state index < -0.39 is 0 Å². The lowest BCUT2D eigenvalue weighted by Gasteiger charge is -2.09. The molecule has 0 aliphatic carbocycles. The van der Waals surface area contributed by atoms with Gasteiger partial charge in [0.05, 0.1) is 19.7 Å². The van der Waals surface area contributed by atoms with Gasteiger partial charge in [0.2, 0.25) is 0 Å². The molecule has 1 aromatic carbocycles. The Morgan fingerprint density at radius 2 is 2.05 bits per heavy atom. The van der Waals surface area contributed by atoms with Crippen molar-refractivity contribution in [1.29, 1.82) is 0 Å². The molecule has 1 heterocycles. The van der Waals surface area contributed by atoms with Crippen LogP contribution in [0.2, 0.25) is 0 Å². The van der Waals surface area contributed by atoms with Crippen molar-refractivity contribution in [2.45, 2.75) is 13.0 Å². The molecule has 0 saturated heterocycles. The lowest BCUT2D eigenvalue weighted by Crippen LogP contribution is -2.16. The first-order valence-electron chi connectivity index (χ1n) is 6.12. The number of ether oxygens (including phenoxy) is 2. The molecule has 0 fully saturated rings. The number of methoxy groups -OCH3 is 2. The number of hydrogen-bond donors (Lipinski definition) is 1. The van der Waals surface area contributed by atoms with Gasteiger partial charge in [-0.05, 0) is 30.7 Å². The van der Waals surface area contributed by atoms with Crippen molar-refractivity contribution in [3.63, 3.8) is 0 Å². The lowest BCUT2D eigenvalue weighted by molar-refractivity contribution is 0.354. The number of benzene rings is 1. The summed E-state index contributed by atoms with van der Waals surface area (Å²) >= 11 is 1.67. The molecule has 0 atom stereocenters. The Bertz CT molecular complexity index is 500. The van der Waals surface area contributed by atoms with E-state index in [1.807, 2.05) is 23.8 Å². The van der Waals surface area contributed by atoms with Crippen LogP contribution in [0.4, 0.5) is 0 Å². The number of thiazole rings is 1. The highest BCUT2D eigenvalue weighted by Crippen LogP contribution is 2.27. The minimum absolute atomic E-state index is 0.767. The Balaban J connectivity index is 1.82. The molecule has 0 saturated carbocycles. The Hall–Kier alpha value is -1.59. The largest absolute Gasteiger partial charge is 0.493 e. The zero-order valence-corrected chi connectivity index (χ0v) is 12.0. The fraction of sp³-hybridized carbons (Fsp3) is 0.357. The molecule has 4 nitrogen and oxygen atoms in total. The van der Waals surface area contributed by atoms with Gasteiger partial charge in [0.1, 0.15) is 0 Å². The van der Waals surface area contributed by atoms with Crippen LogP contribution < -0.4 is 14.8 Å². The van der Waals surface area contributed by atoms with Gasteiger partial charge in [-0.3, -0.25) is 4.98 Å². The highest BCUT2D eigenvalue weighted by molar-refractivity contribution is 7.09. The third kappa shape index (κ3) is 3.94. The van der Waals surface area contributed by atoms with E-state index in [2.05, 4.69) is 16.4 Å². The van der Waals surface area contributed by atoms with Crippen LogP contribution in [-0.2, 0) is 13.0 Å². The van der Waals surface area contributed by atoms with E-state index in [4.69, 9.17) is 9.47 Å². The second-order valence-electron chi connectivity index (χ2n) is 4.08. The predicted molar refractivity (Wildman–Crippen MR) is 77.1 cm³/mol. The first kappa shape index (κ1) is 13.8. The molecule has 5 heteroatoms. The van der Waals surface area contributed by atoms with Crippen molar-refractivity contribution in [3.05, 3.63) is 40.3 Å². The summed E-state index contributed by atoms with van der Waals surface area (Å²) < 4.78 is 10.5. The minimum atomic E-state index is 0.767. The number of aromatic nitrogens is 1. The third-order valence-electron chi connectivity index (χ3n) is 2.82. The van der Waals surface area contributed by atoms with Crippen LogP contribution in [0, 0.1) is 0 Å². The van der Waals surface area contributed by atoms with Crippen LogP contribution >= 0.6 is 11.3 Å². The highest BCUT2D eigenvalue weighted by atomic mass is 32.1. The molecular formula is C14H18N2O2S. The van der Waals surface area contributed by atoms with Crippen molar-refractivity contribution in [3.8, 4) is 11.5 Å². The molecule has 0 aliphatic heterocycles. The standard InChI is InChI=1S/C14H18N2O2S/c1-17-13-4-3-11(7-14(13)18-2)5-6-15-8-12-9-16-10-19-12/h3-4,7,9-10,15H,5-6,8H2,1-2H3. The second-order valence-corrected chi connectivity index (χ2v) is 5.05. The van der Waals surface area contributed by atoms with Crippen molar-refractivity contribution in [1.82, 2.24) is 10.3 Å². The normalized spacial score (nSPS) is 10.4. The topological polar surface area (TPSA) is 43.4 Å². The summed E-state index contributed by atoms with van der Waals surface area (Å²) in [6.07, 6.45) is 2.85. The van der Waals surface area contributed by atoms with Gasteiger partial charge in [-0.25, -0.2) is 0 Å². The molecule has 0 aliphatic rings. The molecule has 0 amide bonds. The summed E-state index contributed by atoms with van der Waals surface area (Å²) in [4.78, 5) is 5.31. The molecule has 2 aromatic rings. The first-order valence-corrected chi connectivity index (χ1v) is 7.00. The summed E-state index contributed by atoms with van der Waals surface area (Å²) in [5, 5.41) is 3.40. The average molecular weight is 278 g/mol. The van der Waals surface area contributed by atoms with Crippen LogP contribution in [0.1, 0.15) is 10.4 Å². The molecule has 102 valence electrons. The van der Waals surface area contributed by atoms with Crippen LogP contribution in [0.5, 0.6) is 11.5 Å². The van der Waals surface area contributed by atoms with Crippen LogP contribution in [0.25, 0.3) is 0 Å². The Morgan fingerprint density at radius 3 is 2.74 bits per heavy atom. The number of hydrogen-bond acceptors (Lipinski definition) is 5. The zero-order valence-electron chi connectivity index (χ0n) is 11.2. The molecule has 19 heavy (non-hydrogen) atoms. The van der Waals surface area contributed by atoms with E-state index in [0.717, 1.165) is 31.0 Å². The molecule has 1 aromatic heterocycles. The number of nitrogens with one attached hydrogen (secondary N) is 1. The maximum atomic E-state index is 5.29. The fourth-order valence-corrected chi connectivity index (χ4v) is 2.37. The van der Waals surface area contributed by atoms with Gasteiger partial charge in [0, 0.05) is 17.6 Å². The molecule has 0 radical (unpaired) electrons. The summed E-state index contributed by atoms with van der Waals surface area (Å²) in [6, 6.07) is 6.03. The molecule has 0 unspecified atom stereocenters. The Kier molecular flexibility index (Phi) is 5.18. The number of nitrogens with zero attached hydrogens (tertiary/aromatic N) is 1. The van der Waals surface area contributed by atoms with Gasteiger partial charge in [0.15, 0.2) is 11.5 Å². The Morgan fingerprint density at radius 1 is 1.21 bits per heavy atom. The molecule has 1 N–H and O–H groups in total. The minimum Gasteiger partial charge on any atom is -0.493 e. The number of rotatable bonds is 7. The van der Waals surface area contributed by atoms with Crippen LogP contribution in [-0.4, -0.2) is 25.7 Å². The second kappa shape index (κ2) is 7.11. The zero-order chi connectivity index (χ0) is 13.5. The van der Waals surface area contributed by atoms with Gasteiger partial charge in [0.25, 0.3) is 0 Å². The van der Waals surface area contributed by atoms with E-state index in [-0.39, 0.29) is 0 Å². The maximum absolute atomic E-state index is 5.29. The van der Waals surface area contributed by atoms with E-state index >= 15 is 0 Å². The van der Waals surface area contributed by atoms with Crippen molar-refractivity contribution in [2.75, 3.05) is 20.8 Å². The average Bonchev–Trinajstić information content (AvgIpc) is 2.96. The van der Waals surface area contributed by atoms with E-state index in [1.54, 1.807) is 25.6 Å². The Labute approximate surface area is 117 Å². The molecule has 0 spiro atoms. The third-order valence-corrected chi connectivity index (χ3v) is 3.60. The fourth-order valence-electron chi connectivity index (χ4n) is 1.81. The quantitative estimate of drug-likeness (QED) is 0.790. The SMILES string of the molecule is COc1ccc(CCNCc2cncs2)cc1OC. The first-order chi connectivity index (χ1) is 9.33. The van der Waals surface area contributed by atoms with E-state index in [9.17, 15) is 0 Å². The van der Waals surface area contributed by atoms with Gasteiger partial charge in [-0.2, -0.15) is 0 Å². The summed E-state index contributed by atoms with van der Waals surface area (Å²) in [5.41, 5.74) is 3.08. The van der Waals surface area contributed by atoms with Crippen molar-refractivity contribution in [2.24, 2.45) is 0 Å². The summed E-state index contributed by atoms with van der Waals surface area (Å²) in [7, 11) is 3.30. The monoisotopic (exact) mass is 278 g/mol. The van der Waals surface area contributed by atoms with Gasteiger partial charge < -0.3 is 14.8 Å². The molecule has 0 bridgehead atoms. The van der Waals surface area contributed by atoms with Crippen LogP contribution in [0.15, 0.2) is 29.9 Å². The predicted octanol–water partition coefficient (Wildman–Crippen LogP) is 2.49. The van der Waals surface area contributed by atoms with Crippen LogP contribution in [0.3, 0.4) is 0 Å². The maximum Gasteiger partial charge on any atom is 0.160 e. The summed E-state index contributed by atoms with van der Waals surface area (Å²) in [5.74, 6) is 1.55. The van der Waals surface area contributed by atoms with Crippen molar-refractivity contribution >= 4 is 11.3 Å². The van der Waals surface area contributed by atoms with Gasteiger partial charge >= 0.3 is 0 Å². The lowest BCUT2D eigenvalue weighted by atomic mass is 10.1. The van der Waals surface area contributed by atoms with E-state index in [1.165, 1.54) is 10.4 Å². The highest BCUT2D eigenvalue weighted by Gasteiger charge is 2.04. The smallest absolute Gasteiger partial charge is 0.160 e. The van der Waals surface area contributed by atoms with Gasteiger partial charge in [-0.1, -0.05) is 6.07 Å². The van der Waals surface area contributed by atoms with Gasteiger partial charge in [-0.15, -0.1) is 11.3 Å². The summed E-state index contributed by atoms with van der Waals surface area (Å²) in [6.45, 7) is 1.80. The van der Waals surface area contributed by atoms with Crippen molar-refractivity contribution < 1.29 is 9.47 Å². The molecule has 2 rings (SSSR count). The van der Waals surface area contributed by atoms with E-state index in [0.29, 0.717) is 0 Å². The molecular weight excluding hydrogens is 260 g/mol.